The van der Waals surface area contributed by atoms with Gasteiger partial charge in [-0.2, -0.15) is 4.98 Å². The molecule has 0 unspecified atom stereocenters. The second kappa shape index (κ2) is 3.10. The zero-order valence-electron chi connectivity index (χ0n) is 6.00. The summed E-state index contributed by atoms with van der Waals surface area (Å²) < 4.78 is 4.38. The first-order chi connectivity index (χ1) is 5.31. The third-order valence-electron chi connectivity index (χ3n) is 1.25. The SMILES string of the molecule is [B]Oc1nc(C=C)c(C=C)[nH]1. The lowest BCUT2D eigenvalue weighted by Gasteiger charge is -1.88. The molecule has 0 fully saturated rings. The van der Waals surface area contributed by atoms with Crippen LogP contribution in [0.25, 0.3) is 12.2 Å². The van der Waals surface area contributed by atoms with Gasteiger partial charge in [0.15, 0.2) is 0 Å². The zero-order valence-corrected chi connectivity index (χ0v) is 6.00. The molecule has 1 heterocycles. The van der Waals surface area contributed by atoms with E-state index >= 15 is 0 Å². The number of nitrogens with one attached hydrogen (secondary N) is 1. The van der Waals surface area contributed by atoms with Crippen molar-refractivity contribution in [3.05, 3.63) is 24.5 Å². The second-order valence-electron chi connectivity index (χ2n) is 1.87. The molecular formula is C7H7BN2O. The molecule has 0 aliphatic rings. The van der Waals surface area contributed by atoms with Crippen molar-refractivity contribution in [3.8, 4) is 6.01 Å². The molecule has 4 heteroatoms. The van der Waals surface area contributed by atoms with Gasteiger partial charge in [-0.25, -0.2) is 0 Å². The first kappa shape index (κ1) is 7.66. The second-order valence-corrected chi connectivity index (χ2v) is 1.87. The molecule has 1 aromatic rings. The van der Waals surface area contributed by atoms with E-state index in [0.717, 1.165) is 5.69 Å². The Kier molecular flexibility index (Phi) is 2.16. The molecule has 11 heavy (non-hydrogen) atoms. The number of hydrogen-bond donors (Lipinski definition) is 1. The van der Waals surface area contributed by atoms with Crippen molar-refractivity contribution in [1.29, 1.82) is 0 Å². The van der Waals surface area contributed by atoms with Crippen LogP contribution in [0.4, 0.5) is 0 Å². The van der Waals surface area contributed by atoms with Crippen LogP contribution in [0.3, 0.4) is 0 Å². The number of nitrogens with zero attached hydrogens (tertiary/aromatic N) is 1. The normalized spacial score (nSPS) is 9.09. The monoisotopic (exact) mass is 146 g/mol. The molecule has 1 rings (SSSR count). The average molecular weight is 146 g/mol. The van der Waals surface area contributed by atoms with Crippen LogP contribution in [0.5, 0.6) is 6.01 Å². The molecule has 0 aliphatic carbocycles. The van der Waals surface area contributed by atoms with E-state index in [1.807, 2.05) is 0 Å². The summed E-state index contributed by atoms with van der Waals surface area (Å²) >= 11 is 0. The molecule has 0 saturated heterocycles. The highest BCUT2D eigenvalue weighted by atomic mass is 16.4. The maximum Gasteiger partial charge on any atom is 0.378 e. The largest absolute Gasteiger partial charge is 0.543 e. The van der Waals surface area contributed by atoms with E-state index in [1.165, 1.54) is 0 Å². The zero-order chi connectivity index (χ0) is 8.27. The number of aromatic nitrogens is 2. The fraction of sp³-hybridized carbons (Fsp3) is 0. The van der Waals surface area contributed by atoms with Crippen LogP contribution >= 0.6 is 0 Å². The summed E-state index contributed by atoms with van der Waals surface area (Å²) in [6.07, 6.45) is 3.21. The fourth-order valence-electron chi connectivity index (χ4n) is 0.744. The number of rotatable bonds is 3. The topological polar surface area (TPSA) is 37.9 Å². The van der Waals surface area contributed by atoms with E-state index < -0.39 is 0 Å². The van der Waals surface area contributed by atoms with Crippen LogP contribution in [0, 0.1) is 0 Å². The highest BCUT2D eigenvalue weighted by Gasteiger charge is 2.02. The van der Waals surface area contributed by atoms with Crippen molar-refractivity contribution in [1.82, 2.24) is 9.97 Å². The van der Waals surface area contributed by atoms with Gasteiger partial charge >= 0.3 is 8.05 Å². The predicted molar refractivity (Wildman–Crippen MR) is 45.2 cm³/mol. The molecule has 0 bridgehead atoms. The van der Waals surface area contributed by atoms with Gasteiger partial charge in [-0.05, 0) is 12.2 Å². The lowest BCUT2D eigenvalue weighted by molar-refractivity contribution is 0.567. The van der Waals surface area contributed by atoms with E-state index in [9.17, 15) is 0 Å². The first-order valence-electron chi connectivity index (χ1n) is 3.03. The van der Waals surface area contributed by atoms with E-state index in [-0.39, 0.29) is 6.01 Å². The van der Waals surface area contributed by atoms with Crippen molar-refractivity contribution in [2.24, 2.45) is 0 Å². The van der Waals surface area contributed by atoms with Gasteiger partial charge in [0.25, 0.3) is 6.01 Å². The summed E-state index contributed by atoms with van der Waals surface area (Å²) in [6, 6.07) is 0.259. The van der Waals surface area contributed by atoms with Crippen LogP contribution in [-0.2, 0) is 0 Å². The average Bonchev–Trinajstić information content (AvgIpc) is 2.46. The van der Waals surface area contributed by atoms with E-state index in [0.29, 0.717) is 5.69 Å². The van der Waals surface area contributed by atoms with E-state index in [4.69, 9.17) is 8.05 Å². The molecule has 0 aliphatic heterocycles. The third-order valence-corrected chi connectivity index (χ3v) is 1.25. The quantitative estimate of drug-likeness (QED) is 0.649. The lowest BCUT2D eigenvalue weighted by atomic mass is 10.3. The number of hydrogen-bond acceptors (Lipinski definition) is 2. The van der Waals surface area contributed by atoms with Gasteiger partial charge in [0.2, 0.25) is 0 Å². The maximum absolute atomic E-state index is 4.88. The minimum Gasteiger partial charge on any atom is -0.543 e. The predicted octanol–water partition coefficient (Wildman–Crippen LogP) is 1.16. The number of imidazole rings is 1. The minimum absolute atomic E-state index is 0.259. The maximum atomic E-state index is 4.88. The van der Waals surface area contributed by atoms with E-state index in [2.05, 4.69) is 27.8 Å². The molecular weight excluding hydrogens is 139 g/mol. The third kappa shape index (κ3) is 1.34. The summed E-state index contributed by atoms with van der Waals surface area (Å²) in [5, 5.41) is 0. The summed E-state index contributed by atoms with van der Waals surface area (Å²) in [5.74, 6) is 0. The van der Waals surface area contributed by atoms with Gasteiger partial charge in [-0.3, -0.25) is 0 Å². The Morgan fingerprint density at radius 2 is 2.18 bits per heavy atom. The Morgan fingerprint density at radius 1 is 1.45 bits per heavy atom. The van der Waals surface area contributed by atoms with Crippen LogP contribution in [0.2, 0.25) is 0 Å². The highest BCUT2D eigenvalue weighted by Crippen LogP contribution is 2.12. The van der Waals surface area contributed by atoms with Gasteiger partial charge < -0.3 is 9.64 Å². The summed E-state index contributed by atoms with van der Waals surface area (Å²) in [5.41, 5.74) is 1.43. The van der Waals surface area contributed by atoms with Gasteiger partial charge in [-0.15, -0.1) is 0 Å². The number of aromatic amines is 1. The summed E-state index contributed by atoms with van der Waals surface area (Å²) in [7, 11) is 4.88. The van der Waals surface area contributed by atoms with Crippen molar-refractivity contribution >= 4 is 20.2 Å². The van der Waals surface area contributed by atoms with Gasteiger partial charge in [0.05, 0.1) is 11.4 Å². The highest BCUT2D eigenvalue weighted by molar-refractivity contribution is 5.99. The molecule has 1 N–H and O–H groups in total. The molecule has 0 spiro atoms. The Morgan fingerprint density at radius 3 is 2.55 bits per heavy atom. The van der Waals surface area contributed by atoms with Crippen LogP contribution < -0.4 is 4.65 Å². The number of H-pyrrole nitrogens is 1. The minimum atomic E-state index is 0.259. The van der Waals surface area contributed by atoms with Crippen LogP contribution in [0.15, 0.2) is 13.2 Å². The molecule has 0 saturated carbocycles. The van der Waals surface area contributed by atoms with Crippen molar-refractivity contribution in [2.45, 2.75) is 0 Å². The molecule has 0 atom stereocenters. The fourth-order valence-corrected chi connectivity index (χ4v) is 0.744. The Bertz CT molecular complexity index is 254. The van der Waals surface area contributed by atoms with Crippen molar-refractivity contribution in [3.63, 3.8) is 0 Å². The Hall–Kier alpha value is -1.45. The smallest absolute Gasteiger partial charge is 0.378 e. The Labute approximate surface area is 66.2 Å². The molecule has 2 radical (unpaired) electrons. The molecule has 54 valence electrons. The summed E-state index contributed by atoms with van der Waals surface area (Å²) in [6.45, 7) is 7.13. The lowest BCUT2D eigenvalue weighted by Crippen LogP contribution is -1.85. The van der Waals surface area contributed by atoms with Gasteiger partial charge in [-0.1, -0.05) is 13.2 Å². The van der Waals surface area contributed by atoms with Gasteiger partial charge in [0, 0.05) is 0 Å². The summed E-state index contributed by atoms with van der Waals surface area (Å²) in [4.78, 5) is 6.71. The van der Waals surface area contributed by atoms with Crippen molar-refractivity contribution < 1.29 is 4.65 Å². The molecule has 3 nitrogen and oxygen atoms in total. The Balaban J connectivity index is 3.11. The molecule has 1 aromatic heterocycles. The van der Waals surface area contributed by atoms with Crippen LogP contribution in [-0.4, -0.2) is 18.0 Å². The first-order valence-corrected chi connectivity index (χ1v) is 3.03. The van der Waals surface area contributed by atoms with Crippen molar-refractivity contribution in [2.75, 3.05) is 0 Å². The standard InChI is InChI=1S/C7H7BN2O/c1-3-5-6(4-2)10-7(9-5)11-8/h3-4H,1-2H2,(H,9,10). The van der Waals surface area contributed by atoms with Crippen LogP contribution in [0.1, 0.15) is 11.4 Å². The van der Waals surface area contributed by atoms with Gasteiger partial charge in [0.1, 0.15) is 0 Å². The van der Waals surface area contributed by atoms with E-state index in [1.54, 1.807) is 12.2 Å². The molecule has 0 amide bonds. The molecule has 0 aromatic carbocycles.